The second kappa shape index (κ2) is 8.73. The molecule has 0 aromatic heterocycles. The fourth-order valence-electron chi connectivity index (χ4n) is 1.69. The molecule has 0 aliphatic heterocycles. The smallest absolute Gasteiger partial charge is 0.121 e. The number of ether oxygens (including phenoxy) is 1. The zero-order valence-corrected chi connectivity index (χ0v) is 13.7. The van der Waals surface area contributed by atoms with Gasteiger partial charge in [0.05, 0.1) is 10.0 Å². The van der Waals surface area contributed by atoms with E-state index in [1.54, 1.807) is 18.2 Å². The third kappa shape index (κ3) is 5.88. The van der Waals surface area contributed by atoms with Gasteiger partial charge in [-0.05, 0) is 25.0 Å². The second-order valence-electron chi connectivity index (χ2n) is 5.12. The summed E-state index contributed by atoms with van der Waals surface area (Å²) in [6, 6.07) is 5.43. The zero-order valence-electron chi connectivity index (χ0n) is 12.2. The third-order valence-electron chi connectivity index (χ3n) is 3.51. The highest BCUT2D eigenvalue weighted by Gasteiger charge is 2.12. The molecule has 0 aliphatic carbocycles. The molecule has 0 heterocycles. The van der Waals surface area contributed by atoms with E-state index >= 15 is 0 Å². The van der Waals surface area contributed by atoms with Gasteiger partial charge in [0.25, 0.3) is 0 Å². The van der Waals surface area contributed by atoms with E-state index in [1.807, 2.05) is 0 Å². The lowest BCUT2D eigenvalue weighted by atomic mass is 10.0. The average Bonchev–Trinajstić information content (AvgIpc) is 2.45. The Kier molecular flexibility index (Phi) is 7.67. The molecule has 0 saturated carbocycles. The van der Waals surface area contributed by atoms with Crippen LogP contribution in [0.4, 0.5) is 0 Å². The van der Waals surface area contributed by atoms with Crippen LogP contribution < -0.4 is 10.1 Å². The molecular weight excluding hydrogens is 297 g/mol. The first-order chi connectivity index (χ1) is 9.43. The van der Waals surface area contributed by atoms with Gasteiger partial charge in [-0.15, -0.1) is 0 Å². The summed E-state index contributed by atoms with van der Waals surface area (Å²) in [7, 11) is 0. The van der Waals surface area contributed by atoms with Gasteiger partial charge in [-0.3, -0.25) is 0 Å². The molecular formula is C15H23Cl2NO2. The van der Waals surface area contributed by atoms with Crippen LogP contribution in [0.5, 0.6) is 5.75 Å². The SMILES string of the molecule is CCC(C)C(C)NCC(O)COc1ccc(Cl)c(Cl)c1. The number of rotatable bonds is 8. The monoisotopic (exact) mass is 319 g/mol. The van der Waals surface area contributed by atoms with Crippen LogP contribution in [0.15, 0.2) is 18.2 Å². The maximum atomic E-state index is 9.89. The van der Waals surface area contributed by atoms with Crippen LogP contribution in [0, 0.1) is 5.92 Å². The molecule has 1 rings (SSSR count). The van der Waals surface area contributed by atoms with Gasteiger partial charge in [0.15, 0.2) is 0 Å². The number of aliphatic hydroxyl groups excluding tert-OH is 1. The van der Waals surface area contributed by atoms with Crippen molar-refractivity contribution in [2.45, 2.75) is 39.3 Å². The fourth-order valence-corrected chi connectivity index (χ4v) is 1.98. The van der Waals surface area contributed by atoms with Crippen LogP contribution in [0.2, 0.25) is 10.0 Å². The Bertz CT molecular complexity index is 415. The molecule has 20 heavy (non-hydrogen) atoms. The van der Waals surface area contributed by atoms with Crippen molar-refractivity contribution in [2.24, 2.45) is 5.92 Å². The molecule has 3 nitrogen and oxygen atoms in total. The number of hydrogen-bond acceptors (Lipinski definition) is 3. The van der Waals surface area contributed by atoms with Crippen molar-refractivity contribution < 1.29 is 9.84 Å². The number of benzene rings is 1. The van der Waals surface area contributed by atoms with E-state index in [9.17, 15) is 5.11 Å². The van der Waals surface area contributed by atoms with E-state index in [0.717, 1.165) is 6.42 Å². The van der Waals surface area contributed by atoms with Crippen LogP contribution in [0.3, 0.4) is 0 Å². The van der Waals surface area contributed by atoms with Crippen LogP contribution in [0.1, 0.15) is 27.2 Å². The molecule has 1 aromatic carbocycles. The Morgan fingerprint density at radius 2 is 1.95 bits per heavy atom. The lowest BCUT2D eigenvalue weighted by Gasteiger charge is -2.22. The summed E-state index contributed by atoms with van der Waals surface area (Å²) in [6.07, 6.45) is 0.556. The van der Waals surface area contributed by atoms with E-state index in [1.165, 1.54) is 0 Å². The number of hydrogen-bond donors (Lipinski definition) is 2. The normalized spacial score (nSPS) is 15.7. The van der Waals surface area contributed by atoms with Crippen molar-refractivity contribution in [1.82, 2.24) is 5.32 Å². The standard InChI is InChI=1S/C15H23Cl2NO2/c1-4-10(2)11(3)18-8-12(19)9-20-13-5-6-14(16)15(17)7-13/h5-7,10-12,18-19H,4,8-9H2,1-3H3. The largest absolute Gasteiger partial charge is 0.491 e. The van der Waals surface area contributed by atoms with Crippen molar-refractivity contribution >= 4 is 23.2 Å². The summed E-state index contributed by atoms with van der Waals surface area (Å²) in [5.41, 5.74) is 0. The van der Waals surface area contributed by atoms with Gasteiger partial charge >= 0.3 is 0 Å². The lowest BCUT2D eigenvalue weighted by molar-refractivity contribution is 0.102. The molecule has 0 amide bonds. The van der Waals surface area contributed by atoms with Gasteiger partial charge in [-0.1, -0.05) is 43.5 Å². The number of halogens is 2. The topological polar surface area (TPSA) is 41.5 Å². The van der Waals surface area contributed by atoms with Gasteiger partial charge in [0.2, 0.25) is 0 Å². The van der Waals surface area contributed by atoms with Crippen LogP contribution >= 0.6 is 23.2 Å². The van der Waals surface area contributed by atoms with E-state index < -0.39 is 6.10 Å². The molecule has 0 spiro atoms. The van der Waals surface area contributed by atoms with Gasteiger partial charge < -0.3 is 15.2 Å². The van der Waals surface area contributed by atoms with Gasteiger partial charge in [0.1, 0.15) is 18.5 Å². The van der Waals surface area contributed by atoms with Gasteiger partial charge in [0, 0.05) is 18.7 Å². The Morgan fingerprint density at radius 1 is 1.25 bits per heavy atom. The van der Waals surface area contributed by atoms with Crippen molar-refractivity contribution in [2.75, 3.05) is 13.2 Å². The predicted octanol–water partition coefficient (Wildman–Crippen LogP) is 3.76. The van der Waals surface area contributed by atoms with Crippen LogP contribution in [-0.4, -0.2) is 30.4 Å². The van der Waals surface area contributed by atoms with Crippen LogP contribution in [-0.2, 0) is 0 Å². The maximum Gasteiger partial charge on any atom is 0.121 e. The summed E-state index contributed by atoms with van der Waals surface area (Å²) in [6.45, 7) is 7.20. The highest BCUT2D eigenvalue weighted by Crippen LogP contribution is 2.26. The zero-order chi connectivity index (χ0) is 15.1. The molecule has 0 bridgehead atoms. The number of aliphatic hydroxyl groups is 1. The minimum atomic E-state index is -0.559. The maximum absolute atomic E-state index is 9.89. The van der Waals surface area contributed by atoms with Crippen molar-refractivity contribution in [3.8, 4) is 5.75 Å². The summed E-state index contributed by atoms with van der Waals surface area (Å²) in [5.74, 6) is 1.19. The molecule has 1 aromatic rings. The van der Waals surface area contributed by atoms with E-state index in [4.69, 9.17) is 27.9 Å². The van der Waals surface area contributed by atoms with E-state index in [-0.39, 0.29) is 6.61 Å². The average molecular weight is 320 g/mol. The summed E-state index contributed by atoms with van der Waals surface area (Å²) >= 11 is 11.7. The first-order valence-electron chi connectivity index (χ1n) is 6.93. The molecule has 0 aliphatic rings. The minimum absolute atomic E-state index is 0.220. The molecule has 0 radical (unpaired) electrons. The predicted molar refractivity (Wildman–Crippen MR) is 84.9 cm³/mol. The Balaban J connectivity index is 2.32. The van der Waals surface area contributed by atoms with Crippen molar-refractivity contribution in [1.29, 1.82) is 0 Å². The van der Waals surface area contributed by atoms with Crippen molar-refractivity contribution in [3.63, 3.8) is 0 Å². The third-order valence-corrected chi connectivity index (χ3v) is 4.25. The molecule has 0 saturated heterocycles. The summed E-state index contributed by atoms with van der Waals surface area (Å²) in [4.78, 5) is 0. The molecule has 114 valence electrons. The minimum Gasteiger partial charge on any atom is -0.491 e. The molecule has 3 atom stereocenters. The Labute approximate surface area is 131 Å². The summed E-state index contributed by atoms with van der Waals surface area (Å²) in [5, 5.41) is 14.1. The fraction of sp³-hybridized carbons (Fsp3) is 0.600. The number of nitrogens with one attached hydrogen (secondary N) is 1. The highest BCUT2D eigenvalue weighted by molar-refractivity contribution is 6.42. The lowest BCUT2D eigenvalue weighted by Crippen LogP contribution is -2.39. The summed E-state index contributed by atoms with van der Waals surface area (Å²) < 4.78 is 5.49. The molecule has 5 heteroatoms. The Morgan fingerprint density at radius 3 is 2.55 bits per heavy atom. The molecule has 2 N–H and O–H groups in total. The first-order valence-corrected chi connectivity index (χ1v) is 7.69. The van der Waals surface area contributed by atoms with E-state index in [2.05, 4.69) is 26.1 Å². The molecule has 3 unspecified atom stereocenters. The van der Waals surface area contributed by atoms with Gasteiger partial charge in [-0.2, -0.15) is 0 Å². The molecule has 0 fully saturated rings. The van der Waals surface area contributed by atoms with Gasteiger partial charge in [-0.25, -0.2) is 0 Å². The van der Waals surface area contributed by atoms with Crippen LogP contribution in [0.25, 0.3) is 0 Å². The quantitative estimate of drug-likeness (QED) is 0.766. The van der Waals surface area contributed by atoms with Crippen molar-refractivity contribution in [3.05, 3.63) is 28.2 Å². The second-order valence-corrected chi connectivity index (χ2v) is 5.94. The Hall–Kier alpha value is -0.480. The highest BCUT2D eigenvalue weighted by atomic mass is 35.5. The first kappa shape index (κ1) is 17.6. The van der Waals surface area contributed by atoms with E-state index in [0.29, 0.717) is 34.3 Å².